The van der Waals surface area contributed by atoms with Crippen molar-refractivity contribution in [2.45, 2.75) is 91.3 Å². The molecule has 0 spiro atoms. The van der Waals surface area contributed by atoms with Crippen LogP contribution in [0.5, 0.6) is 0 Å². The molecule has 2 saturated carbocycles. The van der Waals surface area contributed by atoms with Gasteiger partial charge in [0.05, 0.1) is 0 Å². The van der Waals surface area contributed by atoms with Crippen LogP contribution in [0.4, 0.5) is 4.79 Å². The first-order chi connectivity index (χ1) is 14.2. The van der Waals surface area contributed by atoms with Gasteiger partial charge in [0.15, 0.2) is 0 Å². The van der Waals surface area contributed by atoms with Crippen molar-refractivity contribution in [3.63, 3.8) is 0 Å². The van der Waals surface area contributed by atoms with Crippen LogP contribution < -0.4 is 0 Å². The second-order valence-corrected chi connectivity index (χ2v) is 9.51. The van der Waals surface area contributed by atoms with Crippen molar-refractivity contribution in [3.8, 4) is 0 Å². The fourth-order valence-corrected chi connectivity index (χ4v) is 5.09. The van der Waals surface area contributed by atoms with Crippen molar-refractivity contribution in [3.05, 3.63) is 68.8 Å². The lowest BCUT2D eigenvalue weighted by Gasteiger charge is -2.45. The first kappa shape index (κ1) is 21.0. The monoisotopic (exact) mass is 406 g/mol. The molecule has 0 unspecified atom stereocenters. The van der Waals surface area contributed by atoms with E-state index in [4.69, 9.17) is 9.47 Å². The van der Waals surface area contributed by atoms with Gasteiger partial charge in [0.1, 0.15) is 11.2 Å². The number of ether oxygens (including phenoxy) is 2. The minimum Gasteiger partial charge on any atom is -0.423 e. The molecule has 3 nitrogen and oxygen atoms in total. The number of carbonyl (C=O) groups is 1. The molecule has 0 heterocycles. The Morgan fingerprint density at radius 3 is 1.30 bits per heavy atom. The first-order valence-corrected chi connectivity index (χ1v) is 11.3. The highest BCUT2D eigenvalue weighted by molar-refractivity contribution is 5.63. The molecule has 4 rings (SSSR count). The standard InChI is InChI=1S/C27H34O3/c1-17-9-11-23(21(5)19(17)3)26(13-7-14-26)29-25(28)30-27(15-8-16-27)24-12-10-18(2)20(4)22(24)6/h9-12H,7-8,13-16H2,1-6H3. The van der Waals surface area contributed by atoms with E-state index in [2.05, 4.69) is 65.8 Å². The molecule has 2 aromatic carbocycles. The normalized spacial score (nSPS) is 18.9. The number of hydrogen-bond donors (Lipinski definition) is 0. The van der Waals surface area contributed by atoms with E-state index in [-0.39, 0.29) is 0 Å². The van der Waals surface area contributed by atoms with Gasteiger partial charge in [0, 0.05) is 0 Å². The van der Waals surface area contributed by atoms with Crippen molar-refractivity contribution in [1.82, 2.24) is 0 Å². The van der Waals surface area contributed by atoms with Gasteiger partial charge in [-0.2, -0.15) is 0 Å². The summed E-state index contributed by atoms with van der Waals surface area (Å²) >= 11 is 0. The summed E-state index contributed by atoms with van der Waals surface area (Å²) in [7, 11) is 0. The summed E-state index contributed by atoms with van der Waals surface area (Å²) in [5.74, 6) is 0. The van der Waals surface area contributed by atoms with E-state index in [0.29, 0.717) is 0 Å². The fourth-order valence-electron chi connectivity index (χ4n) is 5.09. The second-order valence-electron chi connectivity index (χ2n) is 9.51. The number of benzene rings is 2. The van der Waals surface area contributed by atoms with Gasteiger partial charge >= 0.3 is 6.16 Å². The van der Waals surface area contributed by atoms with Gasteiger partial charge in [-0.3, -0.25) is 0 Å². The lowest BCUT2D eigenvalue weighted by atomic mass is 9.72. The first-order valence-electron chi connectivity index (χ1n) is 11.3. The van der Waals surface area contributed by atoms with E-state index in [1.165, 1.54) is 33.4 Å². The summed E-state index contributed by atoms with van der Waals surface area (Å²) in [4.78, 5) is 13.1. The molecule has 0 bridgehead atoms. The Morgan fingerprint density at radius 2 is 1.00 bits per heavy atom. The van der Waals surface area contributed by atoms with E-state index in [1.54, 1.807) is 0 Å². The molecule has 2 aromatic rings. The average Bonchev–Trinajstić information content (AvgIpc) is 2.65. The van der Waals surface area contributed by atoms with E-state index in [0.717, 1.165) is 49.7 Å². The predicted molar refractivity (Wildman–Crippen MR) is 120 cm³/mol. The maximum absolute atomic E-state index is 13.1. The molecule has 0 aromatic heterocycles. The number of carbonyl (C=O) groups excluding carboxylic acids is 1. The third-order valence-corrected chi connectivity index (χ3v) is 7.98. The highest BCUT2D eigenvalue weighted by atomic mass is 16.7. The van der Waals surface area contributed by atoms with Gasteiger partial charge in [-0.15, -0.1) is 0 Å². The fraction of sp³-hybridized carbons (Fsp3) is 0.519. The largest absolute Gasteiger partial charge is 0.510 e. The van der Waals surface area contributed by atoms with Gasteiger partial charge in [-0.05, 0) is 125 Å². The van der Waals surface area contributed by atoms with Gasteiger partial charge in [-0.25, -0.2) is 4.79 Å². The number of hydrogen-bond acceptors (Lipinski definition) is 3. The average molecular weight is 407 g/mol. The molecule has 2 aliphatic carbocycles. The highest BCUT2D eigenvalue weighted by Crippen LogP contribution is 2.50. The minimum absolute atomic E-state index is 0.523. The van der Waals surface area contributed by atoms with Crippen molar-refractivity contribution in [2.75, 3.05) is 0 Å². The van der Waals surface area contributed by atoms with Crippen molar-refractivity contribution in [1.29, 1.82) is 0 Å². The van der Waals surface area contributed by atoms with E-state index < -0.39 is 17.4 Å². The van der Waals surface area contributed by atoms with Gasteiger partial charge in [-0.1, -0.05) is 24.3 Å². The Balaban J connectivity index is 1.59. The summed E-state index contributed by atoms with van der Waals surface area (Å²) in [6, 6.07) is 8.55. The van der Waals surface area contributed by atoms with Crippen LogP contribution in [0.1, 0.15) is 83.0 Å². The zero-order valence-corrected chi connectivity index (χ0v) is 19.3. The van der Waals surface area contributed by atoms with Crippen molar-refractivity contribution in [2.24, 2.45) is 0 Å². The van der Waals surface area contributed by atoms with Crippen LogP contribution in [0.25, 0.3) is 0 Å². The zero-order chi connectivity index (χ0) is 21.7. The maximum Gasteiger partial charge on any atom is 0.510 e. The molecule has 0 atom stereocenters. The smallest absolute Gasteiger partial charge is 0.423 e. The third-order valence-electron chi connectivity index (χ3n) is 7.98. The quantitative estimate of drug-likeness (QED) is 0.506. The van der Waals surface area contributed by atoms with Crippen LogP contribution in [0.15, 0.2) is 24.3 Å². The molecule has 0 saturated heterocycles. The summed E-state index contributed by atoms with van der Waals surface area (Å²) in [6.45, 7) is 12.8. The molecular weight excluding hydrogens is 372 g/mol. The number of aryl methyl sites for hydroxylation is 2. The molecule has 0 N–H and O–H groups in total. The van der Waals surface area contributed by atoms with Crippen LogP contribution in [-0.2, 0) is 20.7 Å². The molecule has 3 heteroatoms. The summed E-state index contributed by atoms with van der Waals surface area (Å²) in [5.41, 5.74) is 8.74. The Bertz CT molecular complexity index is 914. The maximum atomic E-state index is 13.1. The van der Waals surface area contributed by atoms with Gasteiger partial charge < -0.3 is 9.47 Å². The lowest BCUT2D eigenvalue weighted by molar-refractivity contribution is -0.136. The second kappa shape index (κ2) is 7.44. The number of rotatable bonds is 4. The highest BCUT2D eigenvalue weighted by Gasteiger charge is 2.48. The SMILES string of the molecule is Cc1ccc(C2(OC(=O)OC3(c4ccc(C)c(C)c4C)CCC3)CCC2)c(C)c1C. The molecule has 160 valence electrons. The Morgan fingerprint density at radius 1 is 0.633 bits per heavy atom. The molecule has 2 aliphatic rings. The van der Waals surface area contributed by atoms with Crippen LogP contribution in [0.3, 0.4) is 0 Å². The van der Waals surface area contributed by atoms with Crippen LogP contribution in [0.2, 0.25) is 0 Å². The van der Waals surface area contributed by atoms with E-state index in [1.807, 2.05) is 0 Å². The topological polar surface area (TPSA) is 35.5 Å². The van der Waals surface area contributed by atoms with E-state index >= 15 is 0 Å². The predicted octanol–water partition coefficient (Wildman–Crippen LogP) is 7.15. The Labute approximate surface area is 180 Å². The van der Waals surface area contributed by atoms with Gasteiger partial charge in [0.25, 0.3) is 0 Å². The summed E-state index contributed by atoms with van der Waals surface area (Å²) in [6.07, 6.45) is 5.07. The van der Waals surface area contributed by atoms with Gasteiger partial charge in [0.2, 0.25) is 0 Å². The summed E-state index contributed by atoms with van der Waals surface area (Å²) in [5, 5.41) is 0. The van der Waals surface area contributed by atoms with Crippen LogP contribution >= 0.6 is 0 Å². The molecule has 2 fully saturated rings. The van der Waals surface area contributed by atoms with E-state index in [9.17, 15) is 4.79 Å². The minimum atomic E-state index is -0.539. The molecule has 30 heavy (non-hydrogen) atoms. The zero-order valence-electron chi connectivity index (χ0n) is 19.3. The lowest BCUT2D eigenvalue weighted by Crippen LogP contribution is -2.44. The molecular formula is C27H34O3. The van der Waals surface area contributed by atoms with Crippen LogP contribution in [-0.4, -0.2) is 6.16 Å². The molecule has 0 radical (unpaired) electrons. The molecule has 0 aliphatic heterocycles. The van der Waals surface area contributed by atoms with Crippen LogP contribution in [0, 0.1) is 41.5 Å². The summed E-state index contributed by atoms with van der Waals surface area (Å²) < 4.78 is 12.2. The third kappa shape index (κ3) is 3.23. The van der Waals surface area contributed by atoms with Crippen molar-refractivity contribution < 1.29 is 14.3 Å². The Hall–Kier alpha value is -2.29. The molecule has 0 amide bonds. The Kier molecular flexibility index (Phi) is 5.20. The van der Waals surface area contributed by atoms with Crippen molar-refractivity contribution >= 4 is 6.16 Å².